The molecule has 0 radical (unpaired) electrons. The first-order chi connectivity index (χ1) is 13.3. The van der Waals surface area contributed by atoms with Gasteiger partial charge in [0.2, 0.25) is 0 Å². The molecular formula is C21H28N4O3. The van der Waals surface area contributed by atoms with Crippen LogP contribution < -0.4 is 21.4 Å². The van der Waals surface area contributed by atoms with E-state index in [2.05, 4.69) is 0 Å². The van der Waals surface area contributed by atoms with Crippen LogP contribution in [-0.2, 0) is 13.0 Å². The van der Waals surface area contributed by atoms with Crippen molar-refractivity contribution in [2.75, 3.05) is 12.1 Å². The zero-order chi connectivity index (χ0) is 20.8. The standard InChI is InChI=1S/C21H28N4O3/c1-5-15-8-7-9-18(25(23)21(27)24(4)22)17(15)13-28-20-11-10-16(12-14(20)3)19(26)6-2/h7-12H,5-6,13,22-23H2,1-4H3. The molecule has 2 amide bonds. The maximum absolute atomic E-state index is 12.2. The van der Waals surface area contributed by atoms with Gasteiger partial charge in [0.25, 0.3) is 0 Å². The highest BCUT2D eigenvalue weighted by Crippen LogP contribution is 2.27. The van der Waals surface area contributed by atoms with Gasteiger partial charge in [-0.2, -0.15) is 0 Å². The van der Waals surface area contributed by atoms with E-state index in [9.17, 15) is 9.59 Å². The van der Waals surface area contributed by atoms with Crippen molar-refractivity contribution < 1.29 is 14.3 Å². The highest BCUT2D eigenvalue weighted by molar-refractivity contribution is 5.96. The average molecular weight is 384 g/mol. The molecule has 0 aliphatic rings. The van der Waals surface area contributed by atoms with Crippen molar-refractivity contribution >= 4 is 17.5 Å². The van der Waals surface area contributed by atoms with Crippen LogP contribution in [0.4, 0.5) is 10.5 Å². The summed E-state index contributed by atoms with van der Waals surface area (Å²) in [4.78, 5) is 24.1. The Hall–Kier alpha value is -2.90. The van der Waals surface area contributed by atoms with Gasteiger partial charge in [0, 0.05) is 24.6 Å². The number of nitrogens with zero attached hydrogens (tertiary/aromatic N) is 2. The molecule has 0 aromatic heterocycles. The van der Waals surface area contributed by atoms with E-state index in [0.29, 0.717) is 23.4 Å². The van der Waals surface area contributed by atoms with E-state index in [0.717, 1.165) is 33.1 Å². The molecule has 0 fully saturated rings. The highest BCUT2D eigenvalue weighted by atomic mass is 16.5. The van der Waals surface area contributed by atoms with Crippen LogP contribution in [0.2, 0.25) is 0 Å². The minimum absolute atomic E-state index is 0.0939. The second kappa shape index (κ2) is 9.34. The molecule has 7 heteroatoms. The summed E-state index contributed by atoms with van der Waals surface area (Å²) in [5, 5.41) is 1.95. The van der Waals surface area contributed by atoms with E-state index in [-0.39, 0.29) is 12.4 Å². The molecule has 0 aliphatic carbocycles. The fourth-order valence-electron chi connectivity index (χ4n) is 2.96. The number of Topliss-reactive ketones (excluding diaryl/α,β-unsaturated/α-hetero) is 1. The number of hydrogen-bond donors (Lipinski definition) is 2. The number of ether oxygens (including phenoxy) is 1. The molecule has 0 heterocycles. The normalized spacial score (nSPS) is 10.5. The van der Waals surface area contributed by atoms with Crippen molar-refractivity contribution in [1.29, 1.82) is 0 Å². The van der Waals surface area contributed by atoms with Crippen LogP contribution in [0, 0.1) is 6.92 Å². The van der Waals surface area contributed by atoms with Crippen molar-refractivity contribution in [2.45, 2.75) is 40.2 Å². The van der Waals surface area contributed by atoms with Crippen LogP contribution in [0.1, 0.15) is 47.3 Å². The van der Waals surface area contributed by atoms with Gasteiger partial charge in [-0.25, -0.2) is 21.5 Å². The third kappa shape index (κ3) is 4.68. The Bertz CT molecular complexity index is 865. The second-order valence-electron chi connectivity index (χ2n) is 6.58. The molecule has 0 bridgehead atoms. The Morgan fingerprint density at radius 1 is 1.11 bits per heavy atom. The first kappa shape index (κ1) is 21.4. The van der Waals surface area contributed by atoms with Crippen LogP contribution >= 0.6 is 0 Å². The fraction of sp³-hybridized carbons (Fsp3) is 0.333. The molecule has 2 aromatic carbocycles. The molecule has 0 spiro atoms. The quantitative estimate of drug-likeness (QED) is 0.330. The van der Waals surface area contributed by atoms with E-state index >= 15 is 0 Å². The van der Waals surface area contributed by atoms with Crippen molar-refractivity contribution in [1.82, 2.24) is 5.01 Å². The summed E-state index contributed by atoms with van der Waals surface area (Å²) in [6.45, 7) is 5.99. The van der Waals surface area contributed by atoms with Crippen LogP contribution in [0.25, 0.3) is 0 Å². The number of amides is 2. The number of urea groups is 1. The van der Waals surface area contributed by atoms with Crippen molar-refractivity contribution in [3.8, 4) is 5.75 Å². The summed E-state index contributed by atoms with van der Waals surface area (Å²) >= 11 is 0. The minimum atomic E-state index is -0.534. The van der Waals surface area contributed by atoms with Crippen molar-refractivity contribution in [3.63, 3.8) is 0 Å². The smallest absolute Gasteiger partial charge is 0.352 e. The maximum Gasteiger partial charge on any atom is 0.352 e. The third-order valence-corrected chi connectivity index (χ3v) is 4.59. The minimum Gasteiger partial charge on any atom is -0.489 e. The van der Waals surface area contributed by atoms with E-state index in [4.69, 9.17) is 16.4 Å². The summed E-state index contributed by atoms with van der Waals surface area (Å²) < 4.78 is 6.02. The zero-order valence-corrected chi connectivity index (χ0v) is 16.9. The fourth-order valence-corrected chi connectivity index (χ4v) is 2.96. The van der Waals surface area contributed by atoms with Crippen LogP contribution in [0.15, 0.2) is 36.4 Å². The number of rotatable bonds is 7. The molecule has 4 N–H and O–H groups in total. The summed E-state index contributed by atoms with van der Waals surface area (Å²) in [6.07, 6.45) is 1.22. The lowest BCUT2D eigenvalue weighted by Crippen LogP contribution is -2.49. The molecule has 0 aliphatic heterocycles. The maximum atomic E-state index is 12.2. The predicted molar refractivity (Wildman–Crippen MR) is 110 cm³/mol. The Morgan fingerprint density at radius 3 is 2.39 bits per heavy atom. The average Bonchev–Trinajstić information content (AvgIpc) is 2.70. The Morgan fingerprint density at radius 2 is 1.82 bits per heavy atom. The molecule has 150 valence electrons. The number of benzene rings is 2. The van der Waals surface area contributed by atoms with Gasteiger partial charge in [-0.3, -0.25) is 9.80 Å². The number of hydrogen-bond acceptors (Lipinski definition) is 5. The number of hydrazine groups is 2. The van der Waals surface area contributed by atoms with Crippen molar-refractivity contribution in [3.05, 3.63) is 58.7 Å². The number of carbonyl (C=O) groups excluding carboxylic acids is 2. The molecule has 28 heavy (non-hydrogen) atoms. The monoisotopic (exact) mass is 384 g/mol. The van der Waals surface area contributed by atoms with Crippen LogP contribution in [0.5, 0.6) is 5.75 Å². The number of carbonyl (C=O) groups is 2. The molecule has 0 saturated heterocycles. The molecule has 0 saturated carbocycles. The first-order valence-electron chi connectivity index (χ1n) is 9.24. The Kier molecular flexibility index (Phi) is 7.14. The SMILES string of the molecule is CCC(=O)c1ccc(OCc2c(CC)cccc2N(N)C(=O)N(C)N)c(C)c1. The second-order valence-corrected chi connectivity index (χ2v) is 6.58. The zero-order valence-electron chi connectivity index (χ0n) is 16.9. The lowest BCUT2D eigenvalue weighted by molar-refractivity contribution is 0.0988. The van der Waals surface area contributed by atoms with Gasteiger partial charge in [0.05, 0.1) is 5.69 Å². The third-order valence-electron chi connectivity index (χ3n) is 4.59. The van der Waals surface area contributed by atoms with Crippen LogP contribution in [-0.4, -0.2) is 23.9 Å². The highest BCUT2D eigenvalue weighted by Gasteiger charge is 2.20. The topological polar surface area (TPSA) is 102 Å². The number of nitrogens with two attached hydrogens (primary N) is 2. The van der Waals surface area contributed by atoms with Gasteiger partial charge in [-0.1, -0.05) is 26.0 Å². The van der Waals surface area contributed by atoms with Gasteiger partial charge in [-0.05, 0) is 48.7 Å². The summed E-state index contributed by atoms with van der Waals surface area (Å²) in [5.41, 5.74) is 3.92. The van der Waals surface area contributed by atoms with Gasteiger partial charge in [0.15, 0.2) is 5.78 Å². The lowest BCUT2D eigenvalue weighted by Gasteiger charge is -2.24. The van der Waals surface area contributed by atoms with E-state index in [1.54, 1.807) is 18.2 Å². The van der Waals surface area contributed by atoms with Crippen molar-refractivity contribution in [2.24, 2.45) is 11.7 Å². The van der Waals surface area contributed by atoms with Gasteiger partial charge in [-0.15, -0.1) is 0 Å². The summed E-state index contributed by atoms with van der Waals surface area (Å²) in [6, 6.07) is 10.4. The van der Waals surface area contributed by atoms with Gasteiger partial charge >= 0.3 is 6.03 Å². The summed E-state index contributed by atoms with van der Waals surface area (Å²) in [7, 11) is 1.44. The van der Waals surface area contributed by atoms with E-state index in [1.807, 2.05) is 39.0 Å². The van der Waals surface area contributed by atoms with Gasteiger partial charge in [0.1, 0.15) is 12.4 Å². The predicted octanol–water partition coefficient (Wildman–Crippen LogP) is 3.33. The van der Waals surface area contributed by atoms with E-state index in [1.165, 1.54) is 7.05 Å². The molecule has 7 nitrogen and oxygen atoms in total. The lowest BCUT2D eigenvalue weighted by atomic mass is 10.0. The molecule has 0 unspecified atom stereocenters. The van der Waals surface area contributed by atoms with Gasteiger partial charge < -0.3 is 4.74 Å². The summed E-state index contributed by atoms with van der Waals surface area (Å²) in [5.74, 6) is 12.3. The number of ketones is 1. The largest absolute Gasteiger partial charge is 0.489 e. The van der Waals surface area contributed by atoms with Crippen LogP contribution in [0.3, 0.4) is 0 Å². The Balaban J connectivity index is 2.31. The molecule has 0 atom stereocenters. The number of aryl methyl sites for hydroxylation is 2. The van der Waals surface area contributed by atoms with E-state index < -0.39 is 6.03 Å². The first-order valence-corrected chi connectivity index (χ1v) is 9.24. The Labute approximate surface area is 165 Å². The molecule has 2 aromatic rings. The molecular weight excluding hydrogens is 356 g/mol. The number of anilines is 1. The molecule has 2 rings (SSSR count).